The van der Waals surface area contributed by atoms with Crippen LogP contribution in [0.25, 0.3) is 11.5 Å². The molecule has 2 aromatic rings. The molecule has 0 aromatic carbocycles. The number of methoxy groups -OCH3 is 1. The van der Waals surface area contributed by atoms with E-state index in [1.54, 1.807) is 13.2 Å². The van der Waals surface area contributed by atoms with E-state index in [0.717, 1.165) is 18.1 Å². The third-order valence-electron chi connectivity index (χ3n) is 3.39. The highest BCUT2D eigenvalue weighted by atomic mass is 32.2. The molecule has 1 aliphatic heterocycles. The Morgan fingerprint density at radius 3 is 3.14 bits per heavy atom. The minimum atomic E-state index is 0.250. The van der Waals surface area contributed by atoms with Gasteiger partial charge >= 0.3 is 0 Å². The van der Waals surface area contributed by atoms with Gasteiger partial charge < -0.3 is 14.6 Å². The SMILES string of the molecule is CCNC1CSCC1c1nc(-c2cc(OC)ncn2)no1. The van der Waals surface area contributed by atoms with Crippen molar-refractivity contribution in [1.29, 1.82) is 0 Å². The summed E-state index contributed by atoms with van der Waals surface area (Å²) in [5.41, 5.74) is 0.600. The molecular weight excluding hydrogens is 290 g/mol. The third-order valence-corrected chi connectivity index (χ3v) is 4.58. The molecule has 2 unspecified atom stereocenters. The highest BCUT2D eigenvalue weighted by molar-refractivity contribution is 7.99. The summed E-state index contributed by atoms with van der Waals surface area (Å²) >= 11 is 1.90. The van der Waals surface area contributed by atoms with Crippen molar-refractivity contribution in [3.05, 3.63) is 18.3 Å². The molecule has 0 amide bonds. The molecule has 0 saturated carbocycles. The molecule has 0 aliphatic carbocycles. The highest BCUT2D eigenvalue weighted by Gasteiger charge is 2.33. The molecule has 8 heteroatoms. The van der Waals surface area contributed by atoms with Gasteiger partial charge in [-0.2, -0.15) is 16.7 Å². The summed E-state index contributed by atoms with van der Waals surface area (Å²) in [4.78, 5) is 12.6. The van der Waals surface area contributed by atoms with Gasteiger partial charge in [-0.1, -0.05) is 12.1 Å². The van der Waals surface area contributed by atoms with Crippen molar-refractivity contribution < 1.29 is 9.26 Å². The maximum Gasteiger partial charge on any atom is 0.232 e. The smallest absolute Gasteiger partial charge is 0.232 e. The molecule has 3 heterocycles. The zero-order chi connectivity index (χ0) is 14.7. The number of likely N-dealkylation sites (N-methyl/N-ethyl adjacent to an activating group) is 1. The number of hydrogen-bond donors (Lipinski definition) is 1. The Kier molecular flexibility index (Phi) is 4.35. The van der Waals surface area contributed by atoms with Crippen LogP contribution >= 0.6 is 11.8 Å². The number of rotatable bonds is 5. The van der Waals surface area contributed by atoms with Gasteiger partial charge in [0.15, 0.2) is 0 Å². The van der Waals surface area contributed by atoms with Crippen molar-refractivity contribution in [3.8, 4) is 17.4 Å². The fourth-order valence-corrected chi connectivity index (χ4v) is 3.69. The van der Waals surface area contributed by atoms with E-state index >= 15 is 0 Å². The van der Waals surface area contributed by atoms with Crippen molar-refractivity contribution in [2.24, 2.45) is 0 Å². The van der Waals surface area contributed by atoms with Crippen molar-refractivity contribution >= 4 is 11.8 Å². The average molecular weight is 307 g/mol. The Bertz CT molecular complexity index is 606. The van der Waals surface area contributed by atoms with Gasteiger partial charge in [0.05, 0.1) is 13.0 Å². The van der Waals surface area contributed by atoms with Crippen LogP contribution in [0.15, 0.2) is 16.9 Å². The van der Waals surface area contributed by atoms with Crippen LogP contribution in [0.3, 0.4) is 0 Å². The van der Waals surface area contributed by atoms with E-state index in [1.807, 2.05) is 11.8 Å². The van der Waals surface area contributed by atoms with Gasteiger partial charge in [-0.25, -0.2) is 9.97 Å². The van der Waals surface area contributed by atoms with E-state index in [4.69, 9.17) is 9.26 Å². The van der Waals surface area contributed by atoms with Crippen LogP contribution in [0.2, 0.25) is 0 Å². The predicted octanol–water partition coefficient (Wildman–Crippen LogP) is 1.34. The minimum absolute atomic E-state index is 0.250. The summed E-state index contributed by atoms with van der Waals surface area (Å²) in [5, 5.41) is 7.50. The highest BCUT2D eigenvalue weighted by Crippen LogP contribution is 2.32. The van der Waals surface area contributed by atoms with E-state index in [-0.39, 0.29) is 5.92 Å². The Morgan fingerprint density at radius 1 is 1.43 bits per heavy atom. The second-order valence-corrected chi connectivity index (χ2v) is 5.78. The standard InChI is InChI=1S/C13H17N5O2S/c1-3-14-10-6-21-5-8(10)13-17-12(18-20-13)9-4-11(19-2)16-7-15-9/h4,7-8,10,14H,3,5-6H2,1-2H3. The van der Waals surface area contributed by atoms with Crippen molar-refractivity contribution in [3.63, 3.8) is 0 Å². The first-order valence-corrected chi connectivity index (χ1v) is 7.98. The maximum absolute atomic E-state index is 5.44. The molecule has 1 fully saturated rings. The third kappa shape index (κ3) is 3.01. The number of nitrogens with zero attached hydrogens (tertiary/aromatic N) is 4. The van der Waals surface area contributed by atoms with Gasteiger partial charge in [-0.15, -0.1) is 0 Å². The second kappa shape index (κ2) is 6.40. The molecule has 2 aromatic heterocycles. The normalized spacial score (nSPS) is 21.6. The van der Waals surface area contributed by atoms with Crippen LogP contribution in [0.4, 0.5) is 0 Å². The zero-order valence-electron chi connectivity index (χ0n) is 11.9. The summed E-state index contributed by atoms with van der Waals surface area (Å²) in [6.45, 7) is 3.04. The summed E-state index contributed by atoms with van der Waals surface area (Å²) in [6.07, 6.45) is 1.43. The maximum atomic E-state index is 5.44. The Morgan fingerprint density at radius 2 is 2.33 bits per heavy atom. The lowest BCUT2D eigenvalue weighted by Gasteiger charge is -2.15. The summed E-state index contributed by atoms with van der Waals surface area (Å²) in [5.74, 6) is 3.92. The van der Waals surface area contributed by atoms with Crippen LogP contribution in [0, 0.1) is 0 Å². The molecule has 3 rings (SSSR count). The summed E-state index contributed by atoms with van der Waals surface area (Å²) < 4.78 is 10.5. The van der Waals surface area contributed by atoms with Crippen LogP contribution in [-0.4, -0.2) is 51.3 Å². The first kappa shape index (κ1) is 14.3. The lowest BCUT2D eigenvalue weighted by atomic mass is 10.0. The average Bonchev–Trinajstić information content (AvgIpc) is 3.16. The Balaban J connectivity index is 1.82. The predicted molar refractivity (Wildman–Crippen MR) is 79.4 cm³/mol. The van der Waals surface area contributed by atoms with Gasteiger partial charge in [0, 0.05) is 23.6 Å². The molecule has 2 atom stereocenters. The van der Waals surface area contributed by atoms with E-state index in [1.165, 1.54) is 6.33 Å². The topological polar surface area (TPSA) is 86.0 Å². The van der Waals surface area contributed by atoms with Crippen LogP contribution in [-0.2, 0) is 0 Å². The first-order chi connectivity index (χ1) is 10.3. The number of hydrogen-bond acceptors (Lipinski definition) is 8. The fourth-order valence-electron chi connectivity index (χ4n) is 2.32. The molecule has 1 aliphatic rings. The number of thioether (sulfide) groups is 1. The van der Waals surface area contributed by atoms with Crippen molar-refractivity contribution in [2.75, 3.05) is 25.2 Å². The van der Waals surface area contributed by atoms with E-state index in [9.17, 15) is 0 Å². The molecule has 112 valence electrons. The molecule has 0 bridgehead atoms. The summed E-state index contributed by atoms with van der Waals surface area (Å²) in [6, 6.07) is 2.08. The fraction of sp³-hybridized carbons (Fsp3) is 0.538. The zero-order valence-corrected chi connectivity index (χ0v) is 12.8. The first-order valence-electron chi connectivity index (χ1n) is 6.83. The quantitative estimate of drug-likeness (QED) is 0.885. The van der Waals surface area contributed by atoms with E-state index < -0.39 is 0 Å². The molecule has 1 saturated heterocycles. The molecule has 0 radical (unpaired) electrons. The molecule has 7 nitrogen and oxygen atoms in total. The molecule has 0 spiro atoms. The Hall–Kier alpha value is -1.67. The number of ether oxygens (including phenoxy) is 1. The molecular formula is C13H17N5O2S. The largest absolute Gasteiger partial charge is 0.481 e. The lowest BCUT2D eigenvalue weighted by molar-refractivity contribution is 0.340. The molecule has 1 N–H and O–H groups in total. The van der Waals surface area contributed by atoms with Gasteiger partial charge in [0.1, 0.15) is 12.0 Å². The van der Waals surface area contributed by atoms with Crippen molar-refractivity contribution in [2.45, 2.75) is 18.9 Å². The van der Waals surface area contributed by atoms with Gasteiger partial charge in [-0.3, -0.25) is 0 Å². The van der Waals surface area contributed by atoms with Crippen LogP contribution in [0.1, 0.15) is 18.7 Å². The van der Waals surface area contributed by atoms with Gasteiger partial charge in [0.2, 0.25) is 17.6 Å². The Labute approximate surface area is 126 Å². The van der Waals surface area contributed by atoms with Crippen LogP contribution in [0.5, 0.6) is 5.88 Å². The van der Waals surface area contributed by atoms with Gasteiger partial charge in [-0.05, 0) is 6.54 Å². The second-order valence-electron chi connectivity index (χ2n) is 4.71. The van der Waals surface area contributed by atoms with Crippen LogP contribution < -0.4 is 10.1 Å². The van der Waals surface area contributed by atoms with E-state index in [2.05, 4.69) is 32.3 Å². The van der Waals surface area contributed by atoms with E-state index in [0.29, 0.717) is 29.3 Å². The lowest BCUT2D eigenvalue weighted by Crippen LogP contribution is -2.34. The number of aromatic nitrogens is 4. The van der Waals surface area contributed by atoms with Gasteiger partial charge in [0.25, 0.3) is 0 Å². The summed E-state index contributed by atoms with van der Waals surface area (Å²) in [7, 11) is 1.56. The minimum Gasteiger partial charge on any atom is -0.481 e. The molecule has 21 heavy (non-hydrogen) atoms. The number of nitrogens with one attached hydrogen (secondary N) is 1. The van der Waals surface area contributed by atoms with Crippen molar-refractivity contribution in [1.82, 2.24) is 25.4 Å². The monoisotopic (exact) mass is 307 g/mol.